The van der Waals surface area contributed by atoms with Crippen LogP contribution in [-0.2, 0) is 11.4 Å². The summed E-state index contributed by atoms with van der Waals surface area (Å²) in [6.45, 7) is 0.404. The molecule has 4 rings (SSSR count). The first-order chi connectivity index (χ1) is 15.9. The third-order valence-corrected chi connectivity index (χ3v) is 7.10. The lowest BCUT2D eigenvalue weighted by molar-refractivity contribution is -0.116. The van der Waals surface area contributed by atoms with E-state index in [1.807, 2.05) is 36.4 Å². The van der Waals surface area contributed by atoms with Crippen molar-refractivity contribution in [2.75, 3.05) is 12.4 Å². The van der Waals surface area contributed by atoms with Crippen molar-refractivity contribution in [1.82, 2.24) is 5.32 Å². The highest BCUT2D eigenvalue weighted by molar-refractivity contribution is 14.1. The fourth-order valence-electron chi connectivity index (χ4n) is 3.14. The van der Waals surface area contributed by atoms with Crippen molar-refractivity contribution in [1.29, 1.82) is 0 Å². The van der Waals surface area contributed by atoms with E-state index < -0.39 is 5.50 Å². The highest BCUT2D eigenvalue weighted by Gasteiger charge is 2.28. The predicted molar refractivity (Wildman–Crippen MR) is 142 cm³/mol. The summed E-state index contributed by atoms with van der Waals surface area (Å²) in [5.41, 5.74) is 1.71. The van der Waals surface area contributed by atoms with Gasteiger partial charge in [-0.3, -0.25) is 4.79 Å². The molecule has 5 nitrogen and oxygen atoms in total. The maximum atomic E-state index is 13.9. The Balaban J connectivity index is 1.49. The van der Waals surface area contributed by atoms with Gasteiger partial charge >= 0.3 is 0 Å². The van der Waals surface area contributed by atoms with Gasteiger partial charge in [0.15, 0.2) is 17.0 Å². The molecular formula is C24H19BrFIN2O3S. The van der Waals surface area contributed by atoms with Crippen LogP contribution in [0.3, 0.4) is 0 Å². The van der Waals surface area contributed by atoms with E-state index in [4.69, 9.17) is 9.47 Å². The van der Waals surface area contributed by atoms with Gasteiger partial charge < -0.3 is 20.1 Å². The van der Waals surface area contributed by atoms with Crippen molar-refractivity contribution in [2.45, 2.75) is 12.1 Å². The Bertz CT molecular complexity index is 1210. The van der Waals surface area contributed by atoms with Crippen molar-refractivity contribution in [3.05, 3.63) is 90.6 Å². The lowest BCUT2D eigenvalue weighted by Gasteiger charge is -2.14. The van der Waals surface area contributed by atoms with E-state index in [0.717, 1.165) is 19.2 Å². The zero-order valence-electron chi connectivity index (χ0n) is 17.4. The van der Waals surface area contributed by atoms with Crippen molar-refractivity contribution in [3.8, 4) is 11.5 Å². The van der Waals surface area contributed by atoms with E-state index in [1.165, 1.54) is 17.8 Å². The molecule has 1 atom stereocenters. The smallest absolute Gasteiger partial charge is 0.260 e. The van der Waals surface area contributed by atoms with E-state index in [2.05, 4.69) is 49.2 Å². The normalized spacial score (nSPS) is 16.5. The van der Waals surface area contributed by atoms with Gasteiger partial charge in [0, 0.05) is 4.47 Å². The Hall–Kier alpha value is -2.24. The molecule has 33 heavy (non-hydrogen) atoms. The Morgan fingerprint density at radius 3 is 2.70 bits per heavy atom. The number of rotatable bonds is 7. The minimum atomic E-state index is -0.463. The third-order valence-electron chi connectivity index (χ3n) is 4.74. The summed E-state index contributed by atoms with van der Waals surface area (Å²) in [5.74, 6) is 0.627. The van der Waals surface area contributed by atoms with E-state index in [1.54, 1.807) is 31.4 Å². The lowest BCUT2D eigenvalue weighted by Crippen LogP contribution is -2.31. The van der Waals surface area contributed by atoms with Crippen LogP contribution < -0.4 is 20.1 Å². The molecule has 1 unspecified atom stereocenters. The number of carbonyl (C=O) groups excluding carboxylic acids is 1. The third kappa shape index (κ3) is 6.01. The lowest BCUT2D eigenvalue weighted by atomic mass is 10.2. The molecule has 1 saturated heterocycles. The van der Waals surface area contributed by atoms with Crippen LogP contribution in [0.15, 0.2) is 70.0 Å². The van der Waals surface area contributed by atoms with Crippen LogP contribution >= 0.6 is 50.3 Å². The molecular weight excluding hydrogens is 622 g/mol. The Morgan fingerprint density at radius 1 is 1.21 bits per heavy atom. The van der Waals surface area contributed by atoms with Crippen LogP contribution in [0.2, 0.25) is 0 Å². The summed E-state index contributed by atoms with van der Waals surface area (Å²) in [5, 5.41) is 5.81. The average Bonchev–Trinajstić information content (AvgIpc) is 3.14. The second-order valence-corrected chi connectivity index (χ2v) is 10.3. The van der Waals surface area contributed by atoms with E-state index >= 15 is 0 Å². The van der Waals surface area contributed by atoms with Crippen LogP contribution in [0.5, 0.6) is 11.5 Å². The molecule has 9 heteroatoms. The minimum absolute atomic E-state index is 0.224. The second-order valence-electron chi connectivity index (χ2n) is 7.05. The first-order valence-electron chi connectivity index (χ1n) is 9.88. The highest BCUT2D eigenvalue weighted by atomic mass is 127. The Labute approximate surface area is 217 Å². The first-order valence-corrected chi connectivity index (χ1v) is 12.6. The summed E-state index contributed by atoms with van der Waals surface area (Å²) >= 11 is 6.92. The summed E-state index contributed by atoms with van der Waals surface area (Å²) in [4.78, 5) is 13.0. The molecule has 1 heterocycles. The topological polar surface area (TPSA) is 59.6 Å². The Morgan fingerprint density at radius 2 is 1.97 bits per heavy atom. The van der Waals surface area contributed by atoms with E-state index in [9.17, 15) is 9.18 Å². The molecule has 1 amide bonds. The maximum Gasteiger partial charge on any atom is 0.260 e. The van der Waals surface area contributed by atoms with Gasteiger partial charge in [-0.2, -0.15) is 0 Å². The number of halogens is 3. The molecule has 3 aromatic rings. The minimum Gasteiger partial charge on any atom is -0.493 e. The Kier molecular flexibility index (Phi) is 7.82. The molecule has 1 aliphatic heterocycles. The second kappa shape index (κ2) is 10.8. The van der Waals surface area contributed by atoms with Crippen molar-refractivity contribution in [2.24, 2.45) is 0 Å². The quantitative estimate of drug-likeness (QED) is 0.232. The number of anilines is 1. The van der Waals surface area contributed by atoms with E-state index in [-0.39, 0.29) is 11.7 Å². The monoisotopic (exact) mass is 640 g/mol. The van der Waals surface area contributed by atoms with Gasteiger partial charge in [0.25, 0.3) is 5.91 Å². The fraction of sp³-hybridized carbons (Fsp3) is 0.125. The molecule has 0 aliphatic carbocycles. The van der Waals surface area contributed by atoms with Crippen molar-refractivity contribution < 1.29 is 18.7 Å². The van der Waals surface area contributed by atoms with Gasteiger partial charge in [0.05, 0.1) is 21.3 Å². The van der Waals surface area contributed by atoms with Crippen LogP contribution in [0.1, 0.15) is 11.1 Å². The molecule has 0 spiro atoms. The molecule has 1 aliphatic rings. The zero-order valence-corrected chi connectivity index (χ0v) is 22.0. The average molecular weight is 641 g/mol. The summed E-state index contributed by atoms with van der Waals surface area (Å²) in [6.07, 6.45) is 1.78. The number of benzene rings is 3. The predicted octanol–water partition coefficient (Wildman–Crippen LogP) is 6.38. The number of nitrogens with one attached hydrogen (secondary N) is 2. The molecule has 2 N–H and O–H groups in total. The maximum absolute atomic E-state index is 13.9. The molecule has 1 fully saturated rings. The van der Waals surface area contributed by atoms with Gasteiger partial charge in [0.2, 0.25) is 0 Å². The van der Waals surface area contributed by atoms with Gasteiger partial charge in [-0.15, -0.1) is 0 Å². The van der Waals surface area contributed by atoms with Crippen LogP contribution in [0, 0.1) is 9.39 Å². The van der Waals surface area contributed by atoms with Gasteiger partial charge in [-0.25, -0.2) is 4.39 Å². The largest absolute Gasteiger partial charge is 0.493 e. The number of carbonyl (C=O) groups is 1. The van der Waals surface area contributed by atoms with Crippen LogP contribution in [0.25, 0.3) is 6.08 Å². The van der Waals surface area contributed by atoms with Crippen LogP contribution in [0.4, 0.5) is 10.1 Å². The SMILES string of the molecule is COc1cc(/C=C2\SC(Nc3ccccc3F)NC2=O)cc(I)c1OCc1ccc(Br)cc1. The number of amides is 1. The summed E-state index contributed by atoms with van der Waals surface area (Å²) in [7, 11) is 1.58. The number of methoxy groups -OCH3 is 1. The number of ether oxygens (including phenoxy) is 2. The number of para-hydroxylation sites is 1. The zero-order chi connectivity index (χ0) is 23.4. The van der Waals surface area contributed by atoms with Crippen LogP contribution in [-0.4, -0.2) is 18.5 Å². The number of thioether (sulfide) groups is 1. The molecule has 0 saturated carbocycles. The number of hydrogen-bond acceptors (Lipinski definition) is 5. The van der Waals surface area contributed by atoms with Crippen molar-refractivity contribution in [3.63, 3.8) is 0 Å². The summed E-state index contributed by atoms with van der Waals surface area (Å²) in [6, 6.07) is 18.0. The number of hydrogen-bond donors (Lipinski definition) is 2. The summed E-state index contributed by atoms with van der Waals surface area (Å²) < 4.78 is 27.4. The molecule has 0 radical (unpaired) electrons. The first kappa shape index (κ1) is 23.9. The molecule has 0 aromatic heterocycles. The fourth-order valence-corrected chi connectivity index (χ4v) is 5.16. The van der Waals surface area contributed by atoms with E-state index in [0.29, 0.717) is 28.7 Å². The van der Waals surface area contributed by atoms with Crippen molar-refractivity contribution >= 4 is 68.0 Å². The van der Waals surface area contributed by atoms with Gasteiger partial charge in [-0.1, -0.05) is 52.0 Å². The van der Waals surface area contributed by atoms with Gasteiger partial charge in [0.1, 0.15) is 12.4 Å². The molecule has 3 aromatic carbocycles. The highest BCUT2D eigenvalue weighted by Crippen LogP contribution is 2.37. The standard InChI is InChI=1S/C24H19BrFIN2O3S/c1-31-20-11-15(10-18(27)22(20)32-13-14-6-8-16(25)9-7-14)12-21-23(30)29-24(33-21)28-19-5-3-2-4-17(19)26/h2-12,24,28H,13H2,1H3,(H,29,30)/b21-12-. The molecule has 170 valence electrons. The van der Waals surface area contributed by atoms with Gasteiger partial charge in [-0.05, 0) is 76.2 Å². The molecule has 0 bridgehead atoms.